The van der Waals surface area contributed by atoms with Crippen LogP contribution in [0.25, 0.3) is 0 Å². The van der Waals surface area contributed by atoms with Crippen LogP contribution in [0.5, 0.6) is 0 Å². The number of nitrogens with one attached hydrogen (secondary N) is 1. The molecule has 5 heteroatoms. The second kappa shape index (κ2) is 5.55. The molecule has 0 aromatic carbocycles. The number of anilines is 1. The minimum Gasteiger partial charge on any atom is -0.346 e. The van der Waals surface area contributed by atoms with Crippen molar-refractivity contribution in [2.24, 2.45) is 0 Å². The number of piperazine rings is 1. The Labute approximate surface area is 113 Å². The van der Waals surface area contributed by atoms with E-state index in [4.69, 9.17) is 4.98 Å². The monoisotopic (exact) mass is 266 g/mol. The van der Waals surface area contributed by atoms with Gasteiger partial charge in [0.1, 0.15) is 0 Å². The molecule has 2 aliphatic heterocycles. The lowest BCUT2D eigenvalue weighted by atomic mass is 9.95. The molecule has 2 saturated heterocycles. The maximum absolute atomic E-state index is 4.88. The highest BCUT2D eigenvalue weighted by molar-refractivity contribution is 7.13. The summed E-state index contributed by atoms with van der Waals surface area (Å²) in [4.78, 5) is 9.71. The molecule has 1 aromatic heterocycles. The van der Waals surface area contributed by atoms with Crippen LogP contribution in [0.4, 0.5) is 5.13 Å². The zero-order valence-corrected chi connectivity index (χ0v) is 11.9. The van der Waals surface area contributed by atoms with E-state index >= 15 is 0 Å². The number of rotatable bonds is 2. The lowest BCUT2D eigenvalue weighted by Gasteiger charge is -2.28. The van der Waals surface area contributed by atoms with Crippen LogP contribution in [-0.2, 0) is 0 Å². The van der Waals surface area contributed by atoms with E-state index in [1.54, 1.807) is 0 Å². The van der Waals surface area contributed by atoms with Crippen LogP contribution in [-0.4, -0.2) is 56.2 Å². The molecule has 0 bridgehead atoms. The second-order valence-corrected chi connectivity index (χ2v) is 6.21. The van der Waals surface area contributed by atoms with Crippen LogP contribution in [0, 0.1) is 0 Å². The van der Waals surface area contributed by atoms with Crippen molar-refractivity contribution < 1.29 is 0 Å². The first-order valence-electron chi connectivity index (χ1n) is 6.92. The molecule has 0 radical (unpaired) electrons. The number of nitrogens with zero attached hydrogens (tertiary/aromatic N) is 3. The van der Waals surface area contributed by atoms with E-state index in [9.17, 15) is 0 Å². The Hall–Kier alpha value is -0.650. The molecule has 3 heterocycles. The van der Waals surface area contributed by atoms with Gasteiger partial charge in [0.25, 0.3) is 0 Å². The molecule has 0 unspecified atom stereocenters. The Bertz CT molecular complexity index is 378. The predicted octanol–water partition coefficient (Wildman–Crippen LogP) is 1.36. The van der Waals surface area contributed by atoms with E-state index in [1.807, 2.05) is 11.3 Å². The summed E-state index contributed by atoms with van der Waals surface area (Å²) in [6.45, 7) is 6.79. The normalized spacial score (nSPS) is 23.5. The molecule has 2 aliphatic rings. The van der Waals surface area contributed by atoms with Gasteiger partial charge in [-0.05, 0) is 33.0 Å². The number of hydrogen-bond donors (Lipinski definition) is 1. The summed E-state index contributed by atoms with van der Waals surface area (Å²) < 4.78 is 0. The van der Waals surface area contributed by atoms with E-state index < -0.39 is 0 Å². The van der Waals surface area contributed by atoms with E-state index in [0.29, 0.717) is 5.92 Å². The van der Waals surface area contributed by atoms with Crippen molar-refractivity contribution in [2.45, 2.75) is 18.8 Å². The first kappa shape index (κ1) is 12.4. The zero-order chi connectivity index (χ0) is 12.4. The van der Waals surface area contributed by atoms with Crippen LogP contribution in [0.3, 0.4) is 0 Å². The van der Waals surface area contributed by atoms with Gasteiger partial charge in [-0.25, -0.2) is 4.98 Å². The summed E-state index contributed by atoms with van der Waals surface area (Å²) >= 11 is 1.82. The predicted molar refractivity (Wildman–Crippen MR) is 76.7 cm³/mol. The lowest BCUT2D eigenvalue weighted by Crippen LogP contribution is -2.43. The average Bonchev–Trinajstić information content (AvgIpc) is 2.90. The van der Waals surface area contributed by atoms with E-state index in [2.05, 4.69) is 27.5 Å². The highest BCUT2D eigenvalue weighted by Crippen LogP contribution is 2.31. The Morgan fingerprint density at radius 2 is 1.94 bits per heavy atom. The van der Waals surface area contributed by atoms with Crippen molar-refractivity contribution in [3.63, 3.8) is 0 Å². The van der Waals surface area contributed by atoms with Gasteiger partial charge in [0.05, 0.1) is 5.69 Å². The quantitative estimate of drug-likeness (QED) is 0.876. The second-order valence-electron chi connectivity index (χ2n) is 5.37. The fraction of sp³-hybridized carbons (Fsp3) is 0.769. The molecular formula is C13H22N4S. The van der Waals surface area contributed by atoms with Crippen molar-refractivity contribution in [3.8, 4) is 0 Å². The van der Waals surface area contributed by atoms with Crippen LogP contribution >= 0.6 is 11.3 Å². The molecule has 0 spiro atoms. The van der Waals surface area contributed by atoms with Crippen LogP contribution in [0.2, 0.25) is 0 Å². The van der Waals surface area contributed by atoms with Gasteiger partial charge in [-0.15, -0.1) is 11.3 Å². The zero-order valence-electron chi connectivity index (χ0n) is 11.1. The lowest BCUT2D eigenvalue weighted by molar-refractivity contribution is 0.253. The number of likely N-dealkylation sites (tertiary alicyclic amines) is 1. The minimum absolute atomic E-state index is 0.689. The minimum atomic E-state index is 0.689. The average molecular weight is 266 g/mol. The fourth-order valence-electron chi connectivity index (χ4n) is 2.77. The Morgan fingerprint density at radius 1 is 1.22 bits per heavy atom. The first-order chi connectivity index (χ1) is 8.83. The summed E-state index contributed by atoms with van der Waals surface area (Å²) in [6, 6.07) is 0. The van der Waals surface area contributed by atoms with Crippen LogP contribution < -0.4 is 10.2 Å². The summed E-state index contributed by atoms with van der Waals surface area (Å²) in [5.41, 5.74) is 1.33. The molecule has 18 heavy (non-hydrogen) atoms. The Balaban J connectivity index is 1.65. The Kier molecular flexibility index (Phi) is 3.82. The maximum atomic E-state index is 4.88. The van der Waals surface area contributed by atoms with Gasteiger partial charge in [-0.3, -0.25) is 0 Å². The summed E-state index contributed by atoms with van der Waals surface area (Å²) in [6.07, 6.45) is 2.53. The molecule has 3 rings (SSSR count). The standard InChI is InChI=1S/C13H22N4S/c1-16-6-2-11(3-7-16)12-10-18-13(15-12)17-8-4-14-5-9-17/h10-11,14H,2-9H2,1H3. The van der Waals surface area contributed by atoms with Crippen LogP contribution in [0.1, 0.15) is 24.5 Å². The van der Waals surface area contributed by atoms with Gasteiger partial charge in [0, 0.05) is 37.5 Å². The molecule has 100 valence electrons. The van der Waals surface area contributed by atoms with Crippen LogP contribution in [0.15, 0.2) is 5.38 Å². The maximum Gasteiger partial charge on any atom is 0.185 e. The van der Waals surface area contributed by atoms with Gasteiger partial charge < -0.3 is 15.1 Å². The highest BCUT2D eigenvalue weighted by Gasteiger charge is 2.22. The number of thiazole rings is 1. The molecule has 1 aromatic rings. The van der Waals surface area contributed by atoms with Gasteiger partial charge in [-0.1, -0.05) is 0 Å². The highest BCUT2D eigenvalue weighted by atomic mass is 32.1. The molecule has 2 fully saturated rings. The molecule has 4 nitrogen and oxygen atoms in total. The fourth-order valence-corrected chi connectivity index (χ4v) is 3.73. The third-order valence-corrected chi connectivity index (χ3v) is 4.95. The molecule has 0 atom stereocenters. The van der Waals surface area contributed by atoms with E-state index in [0.717, 1.165) is 26.2 Å². The van der Waals surface area contributed by atoms with Crippen molar-refractivity contribution in [1.82, 2.24) is 15.2 Å². The smallest absolute Gasteiger partial charge is 0.185 e. The van der Waals surface area contributed by atoms with E-state index in [-0.39, 0.29) is 0 Å². The van der Waals surface area contributed by atoms with Crippen molar-refractivity contribution in [3.05, 3.63) is 11.1 Å². The SMILES string of the molecule is CN1CCC(c2csc(N3CCNCC3)n2)CC1. The Morgan fingerprint density at radius 3 is 2.67 bits per heavy atom. The molecule has 1 N–H and O–H groups in total. The van der Waals surface area contributed by atoms with Crippen molar-refractivity contribution in [1.29, 1.82) is 0 Å². The van der Waals surface area contributed by atoms with Gasteiger partial charge in [0.15, 0.2) is 5.13 Å². The number of hydrogen-bond acceptors (Lipinski definition) is 5. The molecule has 0 amide bonds. The molecule has 0 saturated carbocycles. The van der Waals surface area contributed by atoms with Gasteiger partial charge in [0.2, 0.25) is 0 Å². The summed E-state index contributed by atoms with van der Waals surface area (Å²) in [5.74, 6) is 0.689. The van der Waals surface area contributed by atoms with E-state index in [1.165, 1.54) is 36.8 Å². The number of piperidine rings is 1. The van der Waals surface area contributed by atoms with Gasteiger partial charge in [-0.2, -0.15) is 0 Å². The van der Waals surface area contributed by atoms with Gasteiger partial charge >= 0.3 is 0 Å². The first-order valence-corrected chi connectivity index (χ1v) is 7.80. The number of aromatic nitrogens is 1. The summed E-state index contributed by atoms with van der Waals surface area (Å²) in [7, 11) is 2.21. The summed E-state index contributed by atoms with van der Waals surface area (Å²) in [5, 5.41) is 6.90. The largest absolute Gasteiger partial charge is 0.346 e. The van der Waals surface area contributed by atoms with Crippen molar-refractivity contribution in [2.75, 3.05) is 51.2 Å². The topological polar surface area (TPSA) is 31.4 Å². The third kappa shape index (κ3) is 2.68. The molecular weight excluding hydrogens is 244 g/mol. The van der Waals surface area contributed by atoms with Crippen molar-refractivity contribution >= 4 is 16.5 Å². The third-order valence-electron chi connectivity index (χ3n) is 4.03. The molecule has 0 aliphatic carbocycles.